The molecule has 26 heavy (non-hydrogen) atoms. The number of benzene rings is 1. The number of hydrogen-bond acceptors (Lipinski definition) is 6. The Morgan fingerprint density at radius 3 is 2.73 bits per heavy atom. The topological polar surface area (TPSA) is 98.8 Å². The van der Waals surface area contributed by atoms with Gasteiger partial charge in [0.1, 0.15) is 0 Å². The van der Waals surface area contributed by atoms with Gasteiger partial charge in [0.2, 0.25) is 0 Å². The van der Waals surface area contributed by atoms with E-state index in [1.54, 1.807) is 16.3 Å². The number of aromatic nitrogens is 6. The van der Waals surface area contributed by atoms with E-state index in [2.05, 4.69) is 20.5 Å². The van der Waals surface area contributed by atoms with E-state index in [4.69, 9.17) is 0 Å². The molecule has 0 radical (unpaired) electrons. The zero-order valence-electron chi connectivity index (χ0n) is 14.3. The number of para-hydroxylation sites is 1. The van der Waals surface area contributed by atoms with Crippen molar-refractivity contribution in [2.45, 2.75) is 23.8 Å². The van der Waals surface area contributed by atoms with Crippen LogP contribution in [0.25, 0.3) is 5.69 Å². The van der Waals surface area contributed by atoms with Gasteiger partial charge in [0.25, 0.3) is 10.0 Å². The van der Waals surface area contributed by atoms with E-state index in [-0.39, 0.29) is 10.9 Å². The van der Waals surface area contributed by atoms with E-state index in [0.29, 0.717) is 18.9 Å². The van der Waals surface area contributed by atoms with Crippen molar-refractivity contribution in [3.05, 3.63) is 48.7 Å². The third-order valence-electron chi connectivity index (χ3n) is 4.53. The van der Waals surface area contributed by atoms with Crippen LogP contribution in [0.1, 0.15) is 24.6 Å². The third-order valence-corrected chi connectivity index (χ3v) is 6.28. The summed E-state index contributed by atoms with van der Waals surface area (Å²) in [5, 5.41) is 12.1. The van der Waals surface area contributed by atoms with Gasteiger partial charge in [-0.15, -0.1) is 5.10 Å². The lowest BCUT2D eigenvalue weighted by molar-refractivity contribution is 0.306. The Morgan fingerprint density at radius 1 is 1.19 bits per heavy atom. The van der Waals surface area contributed by atoms with E-state index in [1.807, 2.05) is 30.3 Å². The number of hydrogen-bond donors (Lipinski definition) is 0. The second-order valence-electron chi connectivity index (χ2n) is 6.36. The zero-order valence-corrected chi connectivity index (χ0v) is 15.1. The van der Waals surface area contributed by atoms with Crippen LogP contribution in [0.3, 0.4) is 0 Å². The smallest absolute Gasteiger partial charge is 0.262 e. The summed E-state index contributed by atoms with van der Waals surface area (Å²) in [6, 6.07) is 9.60. The van der Waals surface area contributed by atoms with E-state index >= 15 is 0 Å². The molecule has 0 N–H and O–H groups in total. The van der Waals surface area contributed by atoms with Crippen LogP contribution in [0, 0.1) is 0 Å². The molecule has 1 aliphatic heterocycles. The van der Waals surface area contributed by atoms with E-state index in [9.17, 15) is 8.42 Å². The number of aryl methyl sites for hydroxylation is 1. The van der Waals surface area contributed by atoms with Crippen molar-refractivity contribution in [1.29, 1.82) is 0 Å². The first-order valence-electron chi connectivity index (χ1n) is 8.37. The number of sulfonamides is 1. The predicted molar refractivity (Wildman–Crippen MR) is 93.1 cm³/mol. The Bertz CT molecular complexity index is 997. The first-order valence-corrected chi connectivity index (χ1v) is 9.81. The van der Waals surface area contributed by atoms with Crippen LogP contribution in [0.4, 0.5) is 0 Å². The van der Waals surface area contributed by atoms with Crippen LogP contribution in [-0.2, 0) is 17.1 Å². The molecule has 136 valence electrons. The van der Waals surface area contributed by atoms with Crippen LogP contribution in [0.15, 0.2) is 47.9 Å². The summed E-state index contributed by atoms with van der Waals surface area (Å²) in [7, 11) is -1.87. The average molecular weight is 373 g/mol. The molecule has 1 atom stereocenters. The molecule has 3 heterocycles. The van der Waals surface area contributed by atoms with Gasteiger partial charge in [-0.2, -0.15) is 8.99 Å². The van der Waals surface area contributed by atoms with Gasteiger partial charge in [0.15, 0.2) is 10.9 Å². The Hall–Kier alpha value is -2.59. The van der Waals surface area contributed by atoms with Crippen molar-refractivity contribution in [1.82, 2.24) is 34.1 Å². The van der Waals surface area contributed by atoms with Crippen molar-refractivity contribution in [3.8, 4) is 5.69 Å². The molecule has 9 nitrogen and oxygen atoms in total. The summed E-state index contributed by atoms with van der Waals surface area (Å²) in [6.45, 7) is 0.814. The number of nitrogens with zero attached hydrogens (tertiary/aromatic N) is 7. The highest BCUT2D eigenvalue weighted by atomic mass is 32.2. The van der Waals surface area contributed by atoms with Crippen LogP contribution >= 0.6 is 0 Å². The normalized spacial score (nSPS) is 18.9. The molecule has 0 saturated carbocycles. The second-order valence-corrected chi connectivity index (χ2v) is 8.25. The van der Waals surface area contributed by atoms with Crippen molar-refractivity contribution >= 4 is 10.0 Å². The fourth-order valence-electron chi connectivity index (χ4n) is 3.23. The molecule has 0 amide bonds. The second kappa shape index (κ2) is 6.61. The van der Waals surface area contributed by atoms with E-state index in [1.165, 1.54) is 16.8 Å². The minimum Gasteiger partial charge on any atom is -0.339 e. The largest absolute Gasteiger partial charge is 0.339 e. The lowest BCUT2D eigenvalue weighted by Gasteiger charge is -2.30. The lowest BCUT2D eigenvalue weighted by atomic mass is 9.99. The molecule has 0 spiro atoms. The van der Waals surface area contributed by atoms with Gasteiger partial charge in [-0.25, -0.2) is 13.4 Å². The summed E-state index contributed by atoms with van der Waals surface area (Å²) < 4.78 is 30.5. The van der Waals surface area contributed by atoms with Gasteiger partial charge in [-0.3, -0.25) is 0 Å². The molecule has 1 aliphatic rings. The molecule has 3 aromatic rings. The van der Waals surface area contributed by atoms with Crippen LogP contribution in [0.5, 0.6) is 0 Å². The summed E-state index contributed by atoms with van der Waals surface area (Å²) in [5.41, 5.74) is 0.859. The number of piperidine rings is 1. The highest BCUT2D eigenvalue weighted by Crippen LogP contribution is 2.29. The van der Waals surface area contributed by atoms with Crippen LogP contribution in [-0.4, -0.2) is 55.6 Å². The first-order chi connectivity index (χ1) is 12.6. The fraction of sp³-hybridized carbons (Fsp3) is 0.375. The molecule has 1 fully saturated rings. The molecule has 10 heteroatoms. The van der Waals surface area contributed by atoms with E-state index in [0.717, 1.165) is 18.5 Å². The van der Waals surface area contributed by atoms with Crippen molar-refractivity contribution < 1.29 is 8.42 Å². The first kappa shape index (κ1) is 16.9. The number of rotatable bonds is 4. The summed E-state index contributed by atoms with van der Waals surface area (Å²) >= 11 is 0. The van der Waals surface area contributed by atoms with Gasteiger partial charge < -0.3 is 4.57 Å². The predicted octanol–water partition coefficient (Wildman–Crippen LogP) is 0.964. The summed E-state index contributed by atoms with van der Waals surface area (Å²) in [4.78, 5) is 4.00. The molecule has 1 aromatic carbocycles. The monoisotopic (exact) mass is 373 g/mol. The van der Waals surface area contributed by atoms with Gasteiger partial charge in [0.05, 0.1) is 12.0 Å². The molecule has 2 aromatic heterocycles. The summed E-state index contributed by atoms with van der Waals surface area (Å²) in [6.07, 6.45) is 4.59. The van der Waals surface area contributed by atoms with Crippen LogP contribution in [0.2, 0.25) is 0 Å². The van der Waals surface area contributed by atoms with Gasteiger partial charge in [-0.1, -0.05) is 18.2 Å². The van der Waals surface area contributed by atoms with Crippen molar-refractivity contribution in [2.75, 3.05) is 13.1 Å². The Balaban J connectivity index is 1.62. The number of tetrazole rings is 1. The number of imidazole rings is 1. The van der Waals surface area contributed by atoms with Crippen molar-refractivity contribution in [3.63, 3.8) is 0 Å². The standard InChI is InChI=1S/C16H19N7O2S/c1-21-11-15(17-12-21)26(24,25)22-9-5-6-13(10-22)16-18-19-20-23(16)14-7-3-2-4-8-14/h2-4,7-8,11-13H,5-6,9-10H2,1H3. The molecular formula is C16H19N7O2S. The summed E-state index contributed by atoms with van der Waals surface area (Å²) in [5.74, 6) is 0.606. The molecule has 1 unspecified atom stereocenters. The zero-order chi connectivity index (χ0) is 18.1. The molecule has 0 bridgehead atoms. The molecule has 0 aliphatic carbocycles. The average Bonchev–Trinajstić information content (AvgIpc) is 3.32. The molecule has 4 rings (SSSR count). The Labute approximate surface area is 151 Å². The Morgan fingerprint density at radius 2 is 2.00 bits per heavy atom. The highest BCUT2D eigenvalue weighted by Gasteiger charge is 2.34. The van der Waals surface area contributed by atoms with Gasteiger partial charge in [0, 0.05) is 32.3 Å². The highest BCUT2D eigenvalue weighted by molar-refractivity contribution is 7.89. The maximum atomic E-state index is 12.9. The maximum absolute atomic E-state index is 12.9. The molecule has 1 saturated heterocycles. The Kier molecular flexibility index (Phi) is 4.29. The fourth-order valence-corrected chi connectivity index (χ4v) is 4.72. The van der Waals surface area contributed by atoms with Gasteiger partial charge in [-0.05, 0) is 35.4 Å². The minimum absolute atomic E-state index is 0.0718. The van der Waals surface area contributed by atoms with Crippen LogP contribution < -0.4 is 0 Å². The third kappa shape index (κ3) is 3.01. The quantitative estimate of drug-likeness (QED) is 0.676. The van der Waals surface area contributed by atoms with Crippen molar-refractivity contribution in [2.24, 2.45) is 7.05 Å². The lowest BCUT2D eigenvalue weighted by Crippen LogP contribution is -2.39. The molecular weight excluding hydrogens is 354 g/mol. The minimum atomic E-state index is -3.62. The maximum Gasteiger partial charge on any atom is 0.262 e. The van der Waals surface area contributed by atoms with Gasteiger partial charge >= 0.3 is 0 Å². The SMILES string of the molecule is Cn1cnc(S(=O)(=O)N2CCCC(c3nnnn3-c3ccccc3)C2)c1. The van der Waals surface area contributed by atoms with E-state index < -0.39 is 10.0 Å².